The molecule has 1 aromatic rings. The minimum absolute atomic E-state index is 0.246. The molecule has 0 saturated carbocycles. The van der Waals surface area contributed by atoms with Gasteiger partial charge in [0.25, 0.3) is 0 Å². The van der Waals surface area contributed by atoms with E-state index in [4.69, 9.17) is 0 Å². The van der Waals surface area contributed by atoms with Gasteiger partial charge >= 0.3 is 0 Å². The molecule has 1 aromatic heterocycles. The molecule has 0 aliphatic carbocycles. The van der Waals surface area contributed by atoms with E-state index in [1.165, 1.54) is 0 Å². The van der Waals surface area contributed by atoms with Gasteiger partial charge in [-0.1, -0.05) is 11.8 Å². The number of rotatable bonds is 5. The molecule has 14 heavy (non-hydrogen) atoms. The van der Waals surface area contributed by atoms with Crippen molar-refractivity contribution < 1.29 is 4.79 Å². The summed E-state index contributed by atoms with van der Waals surface area (Å²) in [4.78, 5) is 19.0. The summed E-state index contributed by atoms with van der Waals surface area (Å²) in [6.45, 7) is 3.58. The van der Waals surface area contributed by atoms with Gasteiger partial charge in [-0.25, -0.2) is 9.97 Å². The lowest BCUT2D eigenvalue weighted by molar-refractivity contribution is -0.117. The minimum atomic E-state index is 0.246. The lowest BCUT2D eigenvalue weighted by atomic mass is 10.3. The number of carbonyl (C=O) groups excluding carboxylic acids is 1. The van der Waals surface area contributed by atoms with Crippen LogP contribution in [-0.2, 0) is 4.79 Å². The molecule has 0 fully saturated rings. The van der Waals surface area contributed by atoms with Gasteiger partial charge in [0.05, 0.1) is 0 Å². The molecule has 0 saturated heterocycles. The number of carbonyl (C=O) groups is 1. The first-order valence-corrected chi connectivity index (χ1v) is 5.58. The maximum atomic E-state index is 10.7. The van der Waals surface area contributed by atoms with Crippen LogP contribution in [0.2, 0.25) is 0 Å². The Balaban J connectivity index is 2.25. The third-order valence-electron chi connectivity index (χ3n) is 1.66. The van der Waals surface area contributed by atoms with Crippen molar-refractivity contribution in [2.75, 3.05) is 5.75 Å². The van der Waals surface area contributed by atoms with Crippen LogP contribution >= 0.6 is 11.8 Å². The maximum absolute atomic E-state index is 10.7. The number of ketones is 1. The number of hydrogen-bond acceptors (Lipinski definition) is 4. The van der Waals surface area contributed by atoms with E-state index in [1.807, 2.05) is 6.92 Å². The summed E-state index contributed by atoms with van der Waals surface area (Å²) in [5.74, 6) is 1.15. The summed E-state index contributed by atoms with van der Waals surface area (Å²) in [5, 5.41) is 0.791. The first-order chi connectivity index (χ1) is 6.68. The van der Waals surface area contributed by atoms with Crippen LogP contribution in [0.4, 0.5) is 0 Å². The number of Topliss-reactive ketones (excluding diaryl/α,β-unsaturated/α-hetero) is 1. The Morgan fingerprint density at radius 2 is 2.07 bits per heavy atom. The largest absolute Gasteiger partial charge is 0.300 e. The Bertz CT molecular complexity index is 297. The predicted molar refractivity (Wildman–Crippen MR) is 57.4 cm³/mol. The zero-order valence-corrected chi connectivity index (χ0v) is 9.30. The number of thioether (sulfide) groups is 1. The van der Waals surface area contributed by atoms with Crippen molar-refractivity contribution in [2.24, 2.45) is 0 Å². The van der Waals surface area contributed by atoms with Crippen molar-refractivity contribution in [2.45, 2.75) is 31.8 Å². The molecule has 0 unspecified atom stereocenters. The normalized spacial score (nSPS) is 10.1. The Morgan fingerprint density at radius 3 is 2.64 bits per heavy atom. The fourth-order valence-corrected chi connectivity index (χ4v) is 1.67. The first kappa shape index (κ1) is 11.2. The van der Waals surface area contributed by atoms with Crippen LogP contribution in [0.15, 0.2) is 17.6 Å². The second-order valence-corrected chi connectivity index (χ2v) is 4.26. The molecule has 0 spiro atoms. The van der Waals surface area contributed by atoms with Gasteiger partial charge in [-0.05, 0) is 25.8 Å². The zero-order valence-electron chi connectivity index (χ0n) is 8.49. The maximum Gasteiger partial charge on any atom is 0.187 e. The first-order valence-electron chi connectivity index (χ1n) is 4.59. The van der Waals surface area contributed by atoms with Crippen molar-refractivity contribution >= 4 is 17.5 Å². The average molecular weight is 210 g/mol. The molecule has 0 amide bonds. The number of aryl methyl sites for hydroxylation is 1. The molecule has 0 aliphatic heterocycles. The third kappa shape index (κ3) is 4.37. The summed E-state index contributed by atoms with van der Waals surface area (Å²) >= 11 is 1.60. The van der Waals surface area contributed by atoms with Crippen LogP contribution in [-0.4, -0.2) is 21.5 Å². The molecule has 76 valence electrons. The Labute approximate surface area is 88.3 Å². The lowest BCUT2D eigenvalue weighted by Gasteiger charge is -1.98. The van der Waals surface area contributed by atoms with E-state index in [9.17, 15) is 4.79 Å². The van der Waals surface area contributed by atoms with Gasteiger partial charge in [0.1, 0.15) is 5.78 Å². The molecular formula is C10H14N2OS. The standard InChI is InChI=1S/C10H14N2OS/c1-8-6-11-10(12-7-8)14-5-3-4-9(2)13/h6-7H,3-5H2,1-2H3. The average Bonchev–Trinajstić information content (AvgIpc) is 2.15. The minimum Gasteiger partial charge on any atom is -0.300 e. The van der Waals surface area contributed by atoms with Crippen molar-refractivity contribution in [1.82, 2.24) is 9.97 Å². The summed E-state index contributed by atoms with van der Waals surface area (Å²) in [6.07, 6.45) is 5.16. The van der Waals surface area contributed by atoms with Crippen molar-refractivity contribution in [3.63, 3.8) is 0 Å². The van der Waals surface area contributed by atoms with Gasteiger partial charge in [0.2, 0.25) is 0 Å². The van der Waals surface area contributed by atoms with E-state index in [0.29, 0.717) is 6.42 Å². The highest BCUT2D eigenvalue weighted by atomic mass is 32.2. The van der Waals surface area contributed by atoms with Gasteiger partial charge in [-0.3, -0.25) is 0 Å². The highest BCUT2D eigenvalue weighted by molar-refractivity contribution is 7.99. The number of nitrogens with zero attached hydrogens (tertiary/aromatic N) is 2. The van der Waals surface area contributed by atoms with Crippen LogP contribution in [0.3, 0.4) is 0 Å². The molecule has 0 aromatic carbocycles. The lowest BCUT2D eigenvalue weighted by Crippen LogP contribution is -1.92. The van der Waals surface area contributed by atoms with Gasteiger partial charge in [-0.2, -0.15) is 0 Å². The van der Waals surface area contributed by atoms with E-state index in [1.54, 1.807) is 31.1 Å². The van der Waals surface area contributed by atoms with Crippen LogP contribution < -0.4 is 0 Å². The van der Waals surface area contributed by atoms with Crippen LogP contribution in [0.1, 0.15) is 25.3 Å². The number of aromatic nitrogens is 2. The van der Waals surface area contributed by atoms with E-state index >= 15 is 0 Å². The third-order valence-corrected chi connectivity index (χ3v) is 2.62. The highest BCUT2D eigenvalue weighted by Crippen LogP contribution is 2.13. The van der Waals surface area contributed by atoms with E-state index in [0.717, 1.165) is 22.9 Å². The second kappa shape index (κ2) is 5.75. The molecule has 4 heteroatoms. The zero-order chi connectivity index (χ0) is 10.4. The van der Waals surface area contributed by atoms with Crippen molar-refractivity contribution in [1.29, 1.82) is 0 Å². The summed E-state index contributed by atoms with van der Waals surface area (Å²) in [6, 6.07) is 0. The number of hydrogen-bond donors (Lipinski definition) is 0. The molecule has 0 N–H and O–H groups in total. The van der Waals surface area contributed by atoms with Crippen LogP contribution in [0, 0.1) is 6.92 Å². The quantitative estimate of drug-likeness (QED) is 0.424. The SMILES string of the molecule is CC(=O)CCCSc1ncc(C)cn1. The molecule has 1 heterocycles. The molecule has 0 radical (unpaired) electrons. The molecule has 1 rings (SSSR count). The fraction of sp³-hybridized carbons (Fsp3) is 0.500. The molecule has 0 aliphatic rings. The Morgan fingerprint density at radius 1 is 1.43 bits per heavy atom. The molecule has 0 bridgehead atoms. The smallest absolute Gasteiger partial charge is 0.187 e. The second-order valence-electron chi connectivity index (χ2n) is 3.20. The van der Waals surface area contributed by atoms with Crippen molar-refractivity contribution in [3.8, 4) is 0 Å². The van der Waals surface area contributed by atoms with Gasteiger partial charge < -0.3 is 4.79 Å². The van der Waals surface area contributed by atoms with E-state index < -0.39 is 0 Å². The predicted octanol–water partition coefficient (Wildman–Crippen LogP) is 2.25. The van der Waals surface area contributed by atoms with Gasteiger partial charge in [0, 0.05) is 24.6 Å². The van der Waals surface area contributed by atoms with Crippen LogP contribution in [0.25, 0.3) is 0 Å². The molecular weight excluding hydrogens is 196 g/mol. The molecule has 0 atom stereocenters. The van der Waals surface area contributed by atoms with Crippen LogP contribution in [0.5, 0.6) is 0 Å². The van der Waals surface area contributed by atoms with Crippen molar-refractivity contribution in [3.05, 3.63) is 18.0 Å². The Hall–Kier alpha value is -0.900. The molecule has 3 nitrogen and oxygen atoms in total. The summed E-state index contributed by atoms with van der Waals surface area (Å²) in [7, 11) is 0. The van der Waals surface area contributed by atoms with Gasteiger partial charge in [-0.15, -0.1) is 0 Å². The Kier molecular flexibility index (Phi) is 4.59. The fourth-order valence-electron chi connectivity index (χ4n) is 0.940. The summed E-state index contributed by atoms with van der Waals surface area (Å²) in [5.41, 5.74) is 1.07. The highest BCUT2D eigenvalue weighted by Gasteiger charge is 1.98. The van der Waals surface area contributed by atoms with E-state index in [2.05, 4.69) is 9.97 Å². The van der Waals surface area contributed by atoms with Gasteiger partial charge in [0.15, 0.2) is 5.16 Å². The monoisotopic (exact) mass is 210 g/mol. The topological polar surface area (TPSA) is 42.9 Å². The van der Waals surface area contributed by atoms with E-state index in [-0.39, 0.29) is 5.78 Å². The summed E-state index contributed by atoms with van der Waals surface area (Å²) < 4.78 is 0.